The summed E-state index contributed by atoms with van der Waals surface area (Å²) in [7, 11) is 0. The first kappa shape index (κ1) is 14.3. The number of benzene rings is 1. The van der Waals surface area contributed by atoms with Crippen LogP contribution in [0.4, 0.5) is 0 Å². The number of carboxylic acid groups (broad SMARTS) is 1. The number of hydrogen-bond donors (Lipinski definition) is 1. The number of rotatable bonds is 7. The Labute approximate surface area is 128 Å². The summed E-state index contributed by atoms with van der Waals surface area (Å²) in [4.78, 5) is 14.0. The summed E-state index contributed by atoms with van der Waals surface area (Å²) in [5.74, 6) is -1.19. The zero-order valence-corrected chi connectivity index (χ0v) is 12.6. The maximum absolute atomic E-state index is 11.7. The van der Waals surface area contributed by atoms with E-state index < -0.39 is 11.9 Å². The van der Waals surface area contributed by atoms with E-state index in [0.717, 1.165) is 12.1 Å². The average Bonchev–Trinajstić information content (AvgIpc) is 3.21. The highest BCUT2D eigenvalue weighted by molar-refractivity contribution is 7.07. The molecular formula is C17H19NO2S. The Morgan fingerprint density at radius 1 is 1.29 bits per heavy atom. The smallest absolute Gasteiger partial charge is 0.312 e. The van der Waals surface area contributed by atoms with Crippen LogP contribution in [0.3, 0.4) is 0 Å². The Hall–Kier alpha value is -1.65. The highest BCUT2D eigenvalue weighted by Crippen LogP contribution is 2.31. The van der Waals surface area contributed by atoms with E-state index in [9.17, 15) is 9.90 Å². The molecule has 1 heterocycles. The van der Waals surface area contributed by atoms with Crippen LogP contribution >= 0.6 is 11.3 Å². The summed E-state index contributed by atoms with van der Waals surface area (Å²) >= 11 is 1.69. The predicted octanol–water partition coefficient (Wildman–Crippen LogP) is 3.58. The molecule has 110 valence electrons. The molecule has 3 nitrogen and oxygen atoms in total. The van der Waals surface area contributed by atoms with Crippen molar-refractivity contribution in [2.75, 3.05) is 6.54 Å². The molecule has 1 aliphatic carbocycles. The Morgan fingerprint density at radius 2 is 2.05 bits per heavy atom. The first-order valence-corrected chi connectivity index (χ1v) is 8.21. The van der Waals surface area contributed by atoms with Gasteiger partial charge in [0.05, 0.1) is 5.92 Å². The van der Waals surface area contributed by atoms with E-state index in [4.69, 9.17) is 0 Å². The zero-order valence-electron chi connectivity index (χ0n) is 11.8. The highest BCUT2D eigenvalue weighted by atomic mass is 32.1. The molecular weight excluding hydrogens is 282 g/mol. The minimum Gasteiger partial charge on any atom is -0.481 e. The van der Waals surface area contributed by atoms with Crippen LogP contribution in [0.2, 0.25) is 0 Å². The van der Waals surface area contributed by atoms with Crippen molar-refractivity contribution in [2.45, 2.75) is 31.3 Å². The summed E-state index contributed by atoms with van der Waals surface area (Å²) < 4.78 is 0. The predicted molar refractivity (Wildman–Crippen MR) is 84.6 cm³/mol. The Morgan fingerprint density at radius 3 is 2.62 bits per heavy atom. The van der Waals surface area contributed by atoms with Gasteiger partial charge < -0.3 is 5.11 Å². The quantitative estimate of drug-likeness (QED) is 0.850. The summed E-state index contributed by atoms with van der Waals surface area (Å²) in [5.41, 5.74) is 2.17. The van der Waals surface area contributed by atoms with Gasteiger partial charge in [0, 0.05) is 19.1 Å². The van der Waals surface area contributed by atoms with E-state index in [2.05, 4.69) is 21.7 Å². The molecule has 1 atom stereocenters. The van der Waals surface area contributed by atoms with Gasteiger partial charge in [-0.25, -0.2) is 0 Å². The summed E-state index contributed by atoms with van der Waals surface area (Å²) in [5, 5.41) is 13.8. The van der Waals surface area contributed by atoms with E-state index in [1.165, 1.54) is 18.4 Å². The lowest BCUT2D eigenvalue weighted by Crippen LogP contribution is -2.33. The van der Waals surface area contributed by atoms with Crippen molar-refractivity contribution < 1.29 is 9.90 Å². The topological polar surface area (TPSA) is 40.5 Å². The van der Waals surface area contributed by atoms with E-state index in [0.29, 0.717) is 12.6 Å². The van der Waals surface area contributed by atoms with Gasteiger partial charge in [0.1, 0.15) is 0 Å². The van der Waals surface area contributed by atoms with Gasteiger partial charge in [0.2, 0.25) is 0 Å². The van der Waals surface area contributed by atoms with Crippen LogP contribution in [0.1, 0.15) is 29.9 Å². The van der Waals surface area contributed by atoms with Crippen LogP contribution in [0.15, 0.2) is 47.2 Å². The molecule has 0 radical (unpaired) electrons. The zero-order chi connectivity index (χ0) is 14.7. The van der Waals surface area contributed by atoms with Crippen LogP contribution in [0.25, 0.3) is 0 Å². The van der Waals surface area contributed by atoms with E-state index in [-0.39, 0.29) is 0 Å². The number of carbonyl (C=O) groups is 1. The molecule has 0 saturated heterocycles. The third-order valence-corrected chi connectivity index (χ3v) is 4.68. The first-order valence-electron chi connectivity index (χ1n) is 7.27. The fraction of sp³-hybridized carbons (Fsp3) is 0.353. The second-order valence-corrected chi connectivity index (χ2v) is 6.37. The second kappa shape index (κ2) is 6.41. The Balaban J connectivity index is 1.75. The van der Waals surface area contributed by atoms with Gasteiger partial charge in [-0.1, -0.05) is 30.3 Å². The van der Waals surface area contributed by atoms with Gasteiger partial charge >= 0.3 is 5.97 Å². The molecule has 1 aromatic heterocycles. The number of hydrogen-bond acceptors (Lipinski definition) is 3. The molecule has 1 unspecified atom stereocenters. The largest absolute Gasteiger partial charge is 0.481 e. The van der Waals surface area contributed by atoms with Crippen molar-refractivity contribution in [1.29, 1.82) is 0 Å². The second-order valence-electron chi connectivity index (χ2n) is 5.59. The average molecular weight is 301 g/mol. The van der Waals surface area contributed by atoms with E-state index >= 15 is 0 Å². The third kappa shape index (κ3) is 3.71. The lowest BCUT2D eigenvalue weighted by atomic mass is 9.98. The molecule has 21 heavy (non-hydrogen) atoms. The number of aliphatic carboxylic acids is 1. The Bertz CT molecular complexity index is 578. The monoisotopic (exact) mass is 301 g/mol. The highest BCUT2D eigenvalue weighted by Gasteiger charge is 2.33. The molecule has 0 spiro atoms. The first-order chi connectivity index (χ1) is 10.2. The molecule has 1 saturated carbocycles. The van der Waals surface area contributed by atoms with Crippen LogP contribution in [0, 0.1) is 0 Å². The van der Waals surface area contributed by atoms with Crippen LogP contribution in [-0.4, -0.2) is 28.6 Å². The van der Waals surface area contributed by atoms with Crippen molar-refractivity contribution >= 4 is 17.3 Å². The van der Waals surface area contributed by atoms with Crippen molar-refractivity contribution in [1.82, 2.24) is 4.90 Å². The van der Waals surface area contributed by atoms with Crippen molar-refractivity contribution in [3.05, 3.63) is 58.3 Å². The van der Waals surface area contributed by atoms with E-state index in [1.54, 1.807) is 11.3 Å². The third-order valence-electron chi connectivity index (χ3n) is 3.95. The minimum atomic E-state index is -0.739. The van der Waals surface area contributed by atoms with Crippen LogP contribution in [-0.2, 0) is 11.3 Å². The molecule has 1 aliphatic rings. The van der Waals surface area contributed by atoms with Gasteiger partial charge in [-0.2, -0.15) is 11.3 Å². The van der Waals surface area contributed by atoms with Crippen molar-refractivity contribution in [3.8, 4) is 0 Å². The van der Waals surface area contributed by atoms with Crippen LogP contribution < -0.4 is 0 Å². The minimum absolute atomic E-state index is 0.453. The summed E-state index contributed by atoms with van der Waals surface area (Å²) in [6, 6.07) is 12.2. The molecule has 1 fully saturated rings. The molecule has 0 aliphatic heterocycles. The van der Waals surface area contributed by atoms with Gasteiger partial charge in [0.15, 0.2) is 0 Å². The van der Waals surface area contributed by atoms with Gasteiger partial charge in [0.25, 0.3) is 0 Å². The normalized spacial score (nSPS) is 16.0. The summed E-state index contributed by atoms with van der Waals surface area (Å²) in [6.45, 7) is 1.44. The molecule has 2 aromatic rings. The number of thiophene rings is 1. The number of carboxylic acids is 1. The van der Waals surface area contributed by atoms with Crippen molar-refractivity contribution in [2.24, 2.45) is 0 Å². The maximum atomic E-state index is 11.7. The van der Waals surface area contributed by atoms with Crippen LogP contribution in [0.5, 0.6) is 0 Å². The Kier molecular flexibility index (Phi) is 4.36. The molecule has 0 amide bonds. The maximum Gasteiger partial charge on any atom is 0.312 e. The van der Waals surface area contributed by atoms with Gasteiger partial charge in [-0.3, -0.25) is 9.69 Å². The van der Waals surface area contributed by atoms with Gasteiger partial charge in [-0.05, 0) is 40.8 Å². The molecule has 4 heteroatoms. The lowest BCUT2D eigenvalue weighted by molar-refractivity contribution is -0.139. The fourth-order valence-corrected chi connectivity index (χ4v) is 3.31. The standard InChI is InChI=1S/C17H19NO2S/c19-17(20)16(14-4-2-1-3-5-14)11-18(15-6-7-15)10-13-8-9-21-12-13/h1-5,8-9,12,15-16H,6-7,10-11H2,(H,19,20). The lowest BCUT2D eigenvalue weighted by Gasteiger charge is -2.25. The molecule has 1 N–H and O–H groups in total. The summed E-state index contributed by atoms with van der Waals surface area (Å²) in [6.07, 6.45) is 2.37. The number of nitrogens with zero attached hydrogens (tertiary/aromatic N) is 1. The molecule has 3 rings (SSSR count). The van der Waals surface area contributed by atoms with Gasteiger partial charge in [-0.15, -0.1) is 0 Å². The van der Waals surface area contributed by atoms with E-state index in [1.807, 2.05) is 30.3 Å². The molecule has 1 aromatic carbocycles. The van der Waals surface area contributed by atoms with Crippen molar-refractivity contribution in [3.63, 3.8) is 0 Å². The molecule has 0 bridgehead atoms. The fourth-order valence-electron chi connectivity index (χ4n) is 2.65. The SMILES string of the molecule is O=C(O)C(CN(Cc1ccsc1)C1CC1)c1ccccc1.